The van der Waals surface area contributed by atoms with Gasteiger partial charge in [-0.25, -0.2) is 0 Å². The van der Waals surface area contributed by atoms with Gasteiger partial charge in [0.2, 0.25) is 0 Å². The molecule has 1 aliphatic carbocycles. The molecule has 3 nitrogen and oxygen atoms in total. The Labute approximate surface area is 126 Å². The van der Waals surface area contributed by atoms with E-state index in [1.54, 1.807) is 6.08 Å². The number of aliphatic hydroxyl groups is 3. The fourth-order valence-corrected chi connectivity index (χ4v) is 3.34. The van der Waals surface area contributed by atoms with E-state index < -0.39 is 6.10 Å². The fourth-order valence-electron chi connectivity index (χ4n) is 3.34. The number of rotatable bonds is 6. The fraction of sp³-hybridized carbons (Fsp3) is 0.444. The van der Waals surface area contributed by atoms with Crippen molar-refractivity contribution in [2.45, 2.75) is 12.5 Å². The molecule has 1 aliphatic rings. The molecule has 1 fully saturated rings. The average molecular weight is 288 g/mol. The molecule has 0 radical (unpaired) electrons. The summed E-state index contributed by atoms with van der Waals surface area (Å²) in [4.78, 5) is 0. The molecule has 0 heterocycles. The summed E-state index contributed by atoms with van der Waals surface area (Å²) in [7, 11) is 0. The van der Waals surface area contributed by atoms with Crippen LogP contribution >= 0.6 is 0 Å². The highest BCUT2D eigenvalue weighted by molar-refractivity contribution is 5.21. The maximum absolute atomic E-state index is 10.2. The van der Waals surface area contributed by atoms with Crippen molar-refractivity contribution < 1.29 is 15.3 Å². The van der Waals surface area contributed by atoms with Crippen molar-refractivity contribution in [3.8, 4) is 0 Å². The van der Waals surface area contributed by atoms with Crippen LogP contribution in [0.1, 0.15) is 18.1 Å². The molecule has 3 heteroatoms. The summed E-state index contributed by atoms with van der Waals surface area (Å²) in [5.41, 5.74) is 0.853. The first-order chi connectivity index (χ1) is 10.2. The van der Waals surface area contributed by atoms with Gasteiger partial charge in [-0.15, -0.1) is 6.58 Å². The Balaban J connectivity index is 2.07. The zero-order chi connectivity index (χ0) is 15.2. The molecule has 0 aromatic heterocycles. The smallest absolute Gasteiger partial charge is 0.0971 e. The molecule has 2 rings (SSSR count). The van der Waals surface area contributed by atoms with Crippen LogP contribution in [0.4, 0.5) is 0 Å². The highest BCUT2D eigenvalue weighted by atomic mass is 16.3. The zero-order valence-corrected chi connectivity index (χ0v) is 12.2. The van der Waals surface area contributed by atoms with Gasteiger partial charge in [-0.2, -0.15) is 0 Å². The molecular weight excluding hydrogens is 264 g/mol. The standard InChI is InChI=1S/C18H24O3/c1-2-13-10-15(17(12-20)16(13)11-19)8-9-18(21)14-6-4-3-5-7-14/h2-9,13,15-21H,1,10-12H2. The summed E-state index contributed by atoms with van der Waals surface area (Å²) in [5, 5.41) is 29.3. The molecule has 5 unspecified atom stereocenters. The van der Waals surface area contributed by atoms with E-state index in [2.05, 4.69) is 6.58 Å². The molecule has 1 aromatic rings. The van der Waals surface area contributed by atoms with Crippen LogP contribution in [0.3, 0.4) is 0 Å². The van der Waals surface area contributed by atoms with Crippen LogP contribution in [-0.2, 0) is 0 Å². The second-order valence-corrected chi connectivity index (χ2v) is 5.73. The van der Waals surface area contributed by atoms with Crippen molar-refractivity contribution >= 4 is 0 Å². The number of allylic oxidation sites excluding steroid dienone is 2. The van der Waals surface area contributed by atoms with E-state index in [4.69, 9.17) is 0 Å². The summed E-state index contributed by atoms with van der Waals surface area (Å²) in [6.07, 6.45) is 5.84. The molecule has 3 N–H and O–H groups in total. The van der Waals surface area contributed by atoms with Crippen molar-refractivity contribution in [3.63, 3.8) is 0 Å². The predicted octanol–water partition coefficient (Wildman–Crippen LogP) is 2.32. The lowest BCUT2D eigenvalue weighted by Gasteiger charge is -2.21. The van der Waals surface area contributed by atoms with Gasteiger partial charge in [-0.05, 0) is 35.7 Å². The molecule has 21 heavy (non-hydrogen) atoms. The number of hydrogen-bond acceptors (Lipinski definition) is 3. The maximum atomic E-state index is 10.2. The summed E-state index contributed by atoms with van der Waals surface area (Å²) < 4.78 is 0. The van der Waals surface area contributed by atoms with Gasteiger partial charge in [0.1, 0.15) is 0 Å². The second kappa shape index (κ2) is 7.55. The van der Waals surface area contributed by atoms with Gasteiger partial charge < -0.3 is 15.3 Å². The van der Waals surface area contributed by atoms with Gasteiger partial charge in [0.25, 0.3) is 0 Å². The van der Waals surface area contributed by atoms with Gasteiger partial charge in [0.15, 0.2) is 0 Å². The molecule has 0 amide bonds. The Morgan fingerprint density at radius 3 is 2.29 bits per heavy atom. The van der Waals surface area contributed by atoms with Crippen LogP contribution in [0.2, 0.25) is 0 Å². The lowest BCUT2D eigenvalue weighted by atomic mass is 9.88. The first-order valence-electron chi connectivity index (χ1n) is 7.46. The van der Waals surface area contributed by atoms with Gasteiger partial charge in [-0.1, -0.05) is 48.6 Å². The van der Waals surface area contributed by atoms with E-state index in [1.165, 1.54) is 0 Å². The third kappa shape index (κ3) is 3.62. The topological polar surface area (TPSA) is 60.7 Å². The Hall–Kier alpha value is -1.42. The minimum absolute atomic E-state index is 0.0252. The van der Waals surface area contributed by atoms with Gasteiger partial charge in [-0.3, -0.25) is 0 Å². The van der Waals surface area contributed by atoms with E-state index in [1.807, 2.05) is 42.5 Å². The van der Waals surface area contributed by atoms with Gasteiger partial charge >= 0.3 is 0 Å². The van der Waals surface area contributed by atoms with Crippen LogP contribution in [0, 0.1) is 23.7 Å². The van der Waals surface area contributed by atoms with Crippen LogP contribution in [0.5, 0.6) is 0 Å². The largest absolute Gasteiger partial charge is 0.396 e. The minimum atomic E-state index is -0.638. The zero-order valence-electron chi connectivity index (χ0n) is 12.2. The maximum Gasteiger partial charge on any atom is 0.0971 e. The molecule has 0 aliphatic heterocycles. The van der Waals surface area contributed by atoms with Gasteiger partial charge in [0, 0.05) is 13.2 Å². The van der Waals surface area contributed by atoms with Crippen LogP contribution in [0.25, 0.3) is 0 Å². The summed E-state index contributed by atoms with van der Waals surface area (Å²) in [6.45, 7) is 3.93. The Morgan fingerprint density at radius 2 is 1.71 bits per heavy atom. The summed E-state index contributed by atoms with van der Waals surface area (Å²) >= 11 is 0. The minimum Gasteiger partial charge on any atom is -0.396 e. The van der Waals surface area contributed by atoms with Crippen LogP contribution < -0.4 is 0 Å². The first kappa shape index (κ1) is 16.0. The highest BCUT2D eigenvalue weighted by Gasteiger charge is 2.39. The average Bonchev–Trinajstić information content (AvgIpc) is 2.90. The van der Waals surface area contributed by atoms with Crippen molar-refractivity contribution in [1.29, 1.82) is 0 Å². The van der Waals surface area contributed by atoms with E-state index in [0.29, 0.717) is 0 Å². The third-order valence-electron chi connectivity index (χ3n) is 4.60. The van der Waals surface area contributed by atoms with Crippen LogP contribution in [-0.4, -0.2) is 28.5 Å². The molecule has 1 saturated carbocycles. The Kier molecular flexibility index (Phi) is 5.74. The molecule has 0 saturated heterocycles. The van der Waals surface area contributed by atoms with Crippen molar-refractivity contribution in [2.24, 2.45) is 23.7 Å². The molecule has 5 atom stereocenters. The molecule has 114 valence electrons. The number of benzene rings is 1. The molecular formula is C18H24O3. The van der Waals surface area contributed by atoms with Crippen molar-refractivity contribution in [3.05, 3.63) is 60.7 Å². The lowest BCUT2D eigenvalue weighted by Crippen LogP contribution is -2.23. The second-order valence-electron chi connectivity index (χ2n) is 5.73. The summed E-state index contributed by atoms with van der Waals surface area (Å²) in [6, 6.07) is 9.48. The Bertz CT molecular complexity index is 469. The van der Waals surface area contributed by atoms with Crippen molar-refractivity contribution in [2.75, 3.05) is 13.2 Å². The van der Waals surface area contributed by atoms with E-state index in [0.717, 1.165) is 12.0 Å². The third-order valence-corrected chi connectivity index (χ3v) is 4.60. The molecule has 1 aromatic carbocycles. The molecule has 0 spiro atoms. The molecule has 0 bridgehead atoms. The predicted molar refractivity (Wildman–Crippen MR) is 83.5 cm³/mol. The van der Waals surface area contributed by atoms with Crippen molar-refractivity contribution in [1.82, 2.24) is 0 Å². The van der Waals surface area contributed by atoms with Crippen LogP contribution in [0.15, 0.2) is 55.1 Å². The van der Waals surface area contributed by atoms with E-state index in [-0.39, 0.29) is 36.9 Å². The normalized spacial score (nSPS) is 30.6. The number of hydrogen-bond donors (Lipinski definition) is 3. The SMILES string of the molecule is C=CC1CC(C=CC(O)c2ccccc2)C(CO)C1CO. The monoisotopic (exact) mass is 288 g/mol. The quantitative estimate of drug-likeness (QED) is 0.704. The lowest BCUT2D eigenvalue weighted by molar-refractivity contribution is 0.117. The highest BCUT2D eigenvalue weighted by Crippen LogP contribution is 2.42. The van der Waals surface area contributed by atoms with E-state index in [9.17, 15) is 15.3 Å². The van der Waals surface area contributed by atoms with Gasteiger partial charge in [0.05, 0.1) is 6.10 Å². The first-order valence-corrected chi connectivity index (χ1v) is 7.46. The number of aliphatic hydroxyl groups excluding tert-OH is 3. The van der Waals surface area contributed by atoms with E-state index >= 15 is 0 Å². The summed E-state index contributed by atoms with van der Waals surface area (Å²) in [5.74, 6) is 0.456. The Morgan fingerprint density at radius 1 is 1.10 bits per heavy atom.